The molecule has 32 heavy (non-hydrogen) atoms. The fourth-order valence-electron chi connectivity index (χ4n) is 3.36. The van der Waals surface area contributed by atoms with E-state index in [9.17, 15) is 9.59 Å². The Morgan fingerprint density at radius 2 is 1.91 bits per heavy atom. The fourth-order valence-corrected chi connectivity index (χ4v) is 4.81. The molecule has 1 aliphatic heterocycles. The number of thioether (sulfide) groups is 1. The van der Waals surface area contributed by atoms with Gasteiger partial charge in [0, 0.05) is 12.2 Å². The van der Waals surface area contributed by atoms with Crippen LogP contribution in [0.4, 0.5) is 0 Å². The SMILES string of the molecule is CCc1ccc(Oc2nc3ccccn3c(=O)c2/C=C2/SC(=S)N(C(C)CC)C2=O)cc1. The smallest absolute Gasteiger partial charge is 0.269 e. The largest absolute Gasteiger partial charge is 0.438 e. The minimum absolute atomic E-state index is 0.0166. The first kappa shape index (κ1) is 22.2. The Hall–Kier alpha value is -2.97. The average molecular weight is 466 g/mol. The van der Waals surface area contributed by atoms with Gasteiger partial charge >= 0.3 is 0 Å². The highest BCUT2D eigenvalue weighted by Crippen LogP contribution is 2.35. The first-order chi connectivity index (χ1) is 15.4. The van der Waals surface area contributed by atoms with Crippen LogP contribution in [0.2, 0.25) is 0 Å². The number of thiocarbonyl (C=S) groups is 1. The van der Waals surface area contributed by atoms with Gasteiger partial charge in [0.05, 0.1) is 4.91 Å². The van der Waals surface area contributed by atoms with Gasteiger partial charge in [0.2, 0.25) is 5.88 Å². The molecule has 1 atom stereocenters. The molecule has 6 nitrogen and oxygen atoms in total. The number of hydrogen-bond acceptors (Lipinski definition) is 6. The molecule has 1 amide bonds. The normalized spacial score (nSPS) is 16.2. The monoisotopic (exact) mass is 465 g/mol. The summed E-state index contributed by atoms with van der Waals surface area (Å²) in [6.07, 6.45) is 4.89. The Bertz CT molecular complexity index is 1280. The van der Waals surface area contributed by atoms with Crippen molar-refractivity contribution in [2.24, 2.45) is 0 Å². The third-order valence-electron chi connectivity index (χ3n) is 5.41. The lowest BCUT2D eigenvalue weighted by atomic mass is 10.2. The molecule has 4 rings (SSSR count). The summed E-state index contributed by atoms with van der Waals surface area (Å²) in [7, 11) is 0. The lowest BCUT2D eigenvalue weighted by Gasteiger charge is -2.21. The molecule has 0 spiro atoms. The molecule has 3 heterocycles. The van der Waals surface area contributed by atoms with E-state index in [2.05, 4.69) is 11.9 Å². The maximum Gasteiger partial charge on any atom is 0.269 e. The van der Waals surface area contributed by atoms with E-state index in [-0.39, 0.29) is 29.0 Å². The van der Waals surface area contributed by atoms with Crippen molar-refractivity contribution in [3.8, 4) is 11.6 Å². The summed E-state index contributed by atoms with van der Waals surface area (Å²) in [4.78, 5) is 32.9. The van der Waals surface area contributed by atoms with Gasteiger partial charge in [-0.05, 0) is 55.7 Å². The maximum atomic E-state index is 13.3. The molecule has 1 aromatic carbocycles. The van der Waals surface area contributed by atoms with Gasteiger partial charge in [-0.25, -0.2) is 0 Å². The number of carbonyl (C=O) groups excluding carboxylic acids is 1. The number of benzene rings is 1. The van der Waals surface area contributed by atoms with Crippen molar-refractivity contribution in [2.75, 3.05) is 0 Å². The van der Waals surface area contributed by atoms with Crippen molar-refractivity contribution in [3.63, 3.8) is 0 Å². The molecule has 2 aromatic heterocycles. The summed E-state index contributed by atoms with van der Waals surface area (Å²) in [5.41, 5.74) is 1.53. The van der Waals surface area contributed by atoms with Crippen LogP contribution in [0.1, 0.15) is 38.3 Å². The number of pyridine rings is 1. The van der Waals surface area contributed by atoms with Gasteiger partial charge in [0.15, 0.2) is 0 Å². The highest BCUT2D eigenvalue weighted by atomic mass is 32.2. The number of nitrogens with zero attached hydrogens (tertiary/aromatic N) is 3. The van der Waals surface area contributed by atoms with Crippen molar-refractivity contribution in [3.05, 3.63) is 75.0 Å². The Labute approximate surface area is 195 Å². The van der Waals surface area contributed by atoms with Gasteiger partial charge in [-0.3, -0.25) is 18.9 Å². The van der Waals surface area contributed by atoms with Gasteiger partial charge in [-0.1, -0.05) is 56.0 Å². The molecular weight excluding hydrogens is 442 g/mol. The number of carbonyl (C=O) groups is 1. The van der Waals surface area contributed by atoms with Crippen LogP contribution < -0.4 is 10.3 Å². The van der Waals surface area contributed by atoms with Gasteiger partial charge in [-0.15, -0.1) is 0 Å². The second-order valence-electron chi connectivity index (χ2n) is 7.47. The Balaban J connectivity index is 1.82. The van der Waals surface area contributed by atoms with E-state index in [0.717, 1.165) is 12.8 Å². The molecule has 0 aliphatic carbocycles. The zero-order valence-corrected chi connectivity index (χ0v) is 19.7. The van der Waals surface area contributed by atoms with Crippen LogP contribution >= 0.6 is 24.0 Å². The van der Waals surface area contributed by atoms with Gasteiger partial charge in [-0.2, -0.15) is 4.98 Å². The van der Waals surface area contributed by atoms with Crippen LogP contribution in [-0.2, 0) is 11.2 Å². The zero-order valence-electron chi connectivity index (χ0n) is 18.1. The summed E-state index contributed by atoms with van der Waals surface area (Å²) < 4.78 is 7.96. The van der Waals surface area contributed by atoms with Gasteiger partial charge in [0.25, 0.3) is 11.5 Å². The van der Waals surface area contributed by atoms with Crippen LogP contribution in [-0.4, -0.2) is 30.6 Å². The van der Waals surface area contributed by atoms with Crippen molar-refractivity contribution in [1.29, 1.82) is 0 Å². The number of fused-ring (bicyclic) bond motifs is 1. The van der Waals surface area contributed by atoms with E-state index in [0.29, 0.717) is 20.6 Å². The topological polar surface area (TPSA) is 63.9 Å². The van der Waals surface area contributed by atoms with Crippen LogP contribution in [0.15, 0.2) is 58.4 Å². The predicted octanol–water partition coefficient (Wildman–Crippen LogP) is 5.05. The summed E-state index contributed by atoms with van der Waals surface area (Å²) in [5.74, 6) is 0.514. The van der Waals surface area contributed by atoms with E-state index in [1.807, 2.05) is 38.1 Å². The van der Waals surface area contributed by atoms with E-state index >= 15 is 0 Å². The van der Waals surface area contributed by atoms with Crippen LogP contribution in [0.5, 0.6) is 11.6 Å². The molecule has 1 fully saturated rings. The summed E-state index contributed by atoms with van der Waals surface area (Å²) in [6, 6.07) is 12.9. The minimum atomic E-state index is -0.315. The van der Waals surface area contributed by atoms with Crippen molar-refractivity contribution >= 4 is 45.9 Å². The molecule has 1 unspecified atom stereocenters. The highest BCUT2D eigenvalue weighted by molar-refractivity contribution is 8.26. The molecule has 0 N–H and O–H groups in total. The quantitative estimate of drug-likeness (QED) is 0.375. The molecule has 8 heteroatoms. The van der Waals surface area contributed by atoms with Crippen molar-refractivity contribution in [1.82, 2.24) is 14.3 Å². The van der Waals surface area contributed by atoms with Crippen LogP contribution in [0.3, 0.4) is 0 Å². The zero-order chi connectivity index (χ0) is 22.8. The van der Waals surface area contributed by atoms with Gasteiger partial charge < -0.3 is 4.74 Å². The van der Waals surface area contributed by atoms with Crippen molar-refractivity contribution in [2.45, 2.75) is 39.7 Å². The Morgan fingerprint density at radius 3 is 2.59 bits per heavy atom. The molecule has 164 valence electrons. The lowest BCUT2D eigenvalue weighted by molar-refractivity contribution is -0.123. The highest BCUT2D eigenvalue weighted by Gasteiger charge is 2.35. The molecular formula is C24H23N3O3S2. The third kappa shape index (κ3) is 4.20. The number of hydrogen-bond donors (Lipinski definition) is 0. The second kappa shape index (κ2) is 9.26. The van der Waals surface area contributed by atoms with E-state index in [4.69, 9.17) is 17.0 Å². The van der Waals surface area contributed by atoms with Gasteiger partial charge in [0.1, 0.15) is 21.3 Å². The number of amides is 1. The summed E-state index contributed by atoms with van der Waals surface area (Å²) in [5, 5.41) is 0. The standard InChI is InChI=1S/C24H23N3O3S2/c1-4-15(3)27-23(29)19(32-24(27)31)14-18-21(30-17-11-9-16(5-2)10-12-17)25-20-8-6-7-13-26(20)22(18)28/h6-15H,4-5H2,1-3H3/b19-14+. The fraction of sp³-hybridized carbons (Fsp3) is 0.250. The van der Waals surface area contributed by atoms with Crippen molar-refractivity contribution < 1.29 is 9.53 Å². The van der Waals surface area contributed by atoms with E-state index < -0.39 is 0 Å². The predicted molar refractivity (Wildman–Crippen MR) is 132 cm³/mol. The number of rotatable bonds is 6. The molecule has 1 saturated heterocycles. The molecule has 1 aliphatic rings. The number of ether oxygens (including phenoxy) is 1. The molecule has 3 aromatic rings. The average Bonchev–Trinajstić information content (AvgIpc) is 3.09. The van der Waals surface area contributed by atoms with Crippen LogP contribution in [0, 0.1) is 0 Å². The number of aryl methyl sites for hydroxylation is 1. The van der Waals surface area contributed by atoms with E-state index in [1.165, 1.54) is 21.7 Å². The lowest BCUT2D eigenvalue weighted by Crippen LogP contribution is -2.36. The summed E-state index contributed by atoms with van der Waals surface area (Å²) in [6.45, 7) is 6.03. The Kier molecular flexibility index (Phi) is 6.43. The first-order valence-electron chi connectivity index (χ1n) is 10.5. The second-order valence-corrected chi connectivity index (χ2v) is 9.15. The third-order valence-corrected chi connectivity index (χ3v) is 6.74. The minimum Gasteiger partial charge on any atom is -0.438 e. The molecule has 0 radical (unpaired) electrons. The van der Waals surface area contributed by atoms with Crippen LogP contribution in [0.25, 0.3) is 11.7 Å². The Morgan fingerprint density at radius 1 is 1.16 bits per heavy atom. The first-order valence-corrected chi connectivity index (χ1v) is 11.7. The maximum absolute atomic E-state index is 13.3. The number of aromatic nitrogens is 2. The molecule has 0 bridgehead atoms. The molecule has 0 saturated carbocycles. The summed E-state index contributed by atoms with van der Waals surface area (Å²) >= 11 is 6.61. The van der Waals surface area contributed by atoms with E-state index in [1.54, 1.807) is 35.4 Å².